The molecule has 1 N–H and O–H groups in total. The highest BCUT2D eigenvalue weighted by atomic mass is 16.3. The Bertz CT molecular complexity index is 820. The Kier molecular flexibility index (Phi) is 3.25. The van der Waals surface area contributed by atoms with Crippen molar-refractivity contribution in [3.05, 3.63) is 42.4 Å². The number of rotatable bonds is 2. The van der Waals surface area contributed by atoms with Crippen LogP contribution in [-0.4, -0.2) is 50.9 Å². The second-order valence-corrected chi connectivity index (χ2v) is 5.72. The summed E-state index contributed by atoms with van der Waals surface area (Å²) in [7, 11) is 0. The highest BCUT2D eigenvalue weighted by molar-refractivity contribution is 5.52. The van der Waals surface area contributed by atoms with Crippen molar-refractivity contribution in [2.75, 3.05) is 36.0 Å². The molecule has 4 rings (SSSR count). The van der Waals surface area contributed by atoms with Crippen molar-refractivity contribution in [2.24, 2.45) is 0 Å². The summed E-state index contributed by atoms with van der Waals surface area (Å²) in [6.07, 6.45) is 1.54. The molecule has 1 aliphatic heterocycles. The Morgan fingerprint density at radius 1 is 1.00 bits per heavy atom. The van der Waals surface area contributed by atoms with E-state index in [1.165, 1.54) is 6.33 Å². The van der Waals surface area contributed by atoms with Crippen LogP contribution in [0.1, 0.15) is 5.69 Å². The summed E-state index contributed by atoms with van der Waals surface area (Å²) >= 11 is 0. The fraction of sp³-hybridized carbons (Fsp3) is 0.312. The first-order chi connectivity index (χ1) is 11.2. The number of hydrogen-bond acceptors (Lipinski definition) is 6. The van der Waals surface area contributed by atoms with Crippen LogP contribution in [0.2, 0.25) is 0 Å². The van der Waals surface area contributed by atoms with Gasteiger partial charge < -0.3 is 14.9 Å². The molecule has 0 bridgehead atoms. The van der Waals surface area contributed by atoms with Crippen molar-refractivity contribution in [3.63, 3.8) is 0 Å². The molecule has 3 aromatic rings. The molecule has 0 saturated carbocycles. The standard InChI is InChI=1S/C16H18N6O/c1-12-10-15(22-16(19-12)17-11-18-22)21-8-6-20(7-9-21)13-2-4-14(23)5-3-13/h2-5,10-11,23H,6-9H2,1H3. The maximum Gasteiger partial charge on any atom is 0.254 e. The van der Waals surface area contributed by atoms with Crippen molar-refractivity contribution < 1.29 is 5.11 Å². The summed E-state index contributed by atoms with van der Waals surface area (Å²) in [4.78, 5) is 13.2. The van der Waals surface area contributed by atoms with E-state index >= 15 is 0 Å². The molecule has 7 heteroatoms. The van der Waals surface area contributed by atoms with Gasteiger partial charge in [-0.3, -0.25) is 0 Å². The van der Waals surface area contributed by atoms with E-state index in [4.69, 9.17) is 0 Å². The predicted molar refractivity (Wildman–Crippen MR) is 88.1 cm³/mol. The van der Waals surface area contributed by atoms with E-state index in [1.54, 1.807) is 16.6 Å². The summed E-state index contributed by atoms with van der Waals surface area (Å²) in [5, 5.41) is 13.7. The van der Waals surface area contributed by atoms with Crippen LogP contribution in [0.25, 0.3) is 5.78 Å². The fourth-order valence-electron chi connectivity index (χ4n) is 2.99. The lowest BCUT2D eigenvalue weighted by Crippen LogP contribution is -2.47. The van der Waals surface area contributed by atoms with Crippen LogP contribution in [-0.2, 0) is 0 Å². The quantitative estimate of drug-likeness (QED) is 0.773. The van der Waals surface area contributed by atoms with E-state index in [0.717, 1.165) is 43.4 Å². The van der Waals surface area contributed by atoms with E-state index in [2.05, 4.69) is 30.9 Å². The molecule has 23 heavy (non-hydrogen) atoms. The smallest absolute Gasteiger partial charge is 0.254 e. The number of anilines is 2. The van der Waals surface area contributed by atoms with E-state index in [0.29, 0.717) is 11.5 Å². The van der Waals surface area contributed by atoms with Crippen LogP contribution in [0.4, 0.5) is 11.5 Å². The van der Waals surface area contributed by atoms with Crippen molar-refractivity contribution >= 4 is 17.3 Å². The van der Waals surface area contributed by atoms with Crippen LogP contribution < -0.4 is 9.80 Å². The zero-order valence-corrected chi connectivity index (χ0v) is 12.9. The Morgan fingerprint density at radius 2 is 1.70 bits per heavy atom. The normalized spacial score (nSPS) is 15.3. The van der Waals surface area contributed by atoms with Crippen molar-refractivity contribution in [2.45, 2.75) is 6.92 Å². The number of phenols is 1. The number of hydrogen-bond donors (Lipinski definition) is 1. The van der Waals surface area contributed by atoms with Gasteiger partial charge in [-0.05, 0) is 31.2 Å². The van der Waals surface area contributed by atoms with Gasteiger partial charge in [-0.15, -0.1) is 0 Å². The third-order valence-electron chi connectivity index (χ3n) is 4.18. The molecule has 1 aromatic carbocycles. The molecule has 118 valence electrons. The molecule has 7 nitrogen and oxygen atoms in total. The Labute approximate surface area is 133 Å². The van der Waals surface area contributed by atoms with E-state index in [9.17, 15) is 5.11 Å². The van der Waals surface area contributed by atoms with E-state index in [1.807, 2.05) is 19.1 Å². The molecule has 3 heterocycles. The number of benzene rings is 1. The molecule has 1 aliphatic rings. The maximum atomic E-state index is 9.40. The number of aryl methyl sites for hydroxylation is 1. The van der Waals surface area contributed by atoms with Crippen molar-refractivity contribution in [3.8, 4) is 5.75 Å². The number of aromatic nitrogens is 4. The lowest BCUT2D eigenvalue weighted by atomic mass is 10.2. The summed E-state index contributed by atoms with van der Waals surface area (Å²) < 4.78 is 1.79. The van der Waals surface area contributed by atoms with Gasteiger partial charge in [0.05, 0.1) is 0 Å². The Hall–Kier alpha value is -2.83. The summed E-state index contributed by atoms with van der Waals surface area (Å²) in [6.45, 7) is 5.62. The fourth-order valence-corrected chi connectivity index (χ4v) is 2.99. The molecule has 2 aromatic heterocycles. The topological polar surface area (TPSA) is 69.8 Å². The molecular formula is C16H18N6O. The van der Waals surface area contributed by atoms with Crippen LogP contribution >= 0.6 is 0 Å². The number of aromatic hydroxyl groups is 1. The number of phenolic OH excluding ortho intramolecular Hbond substituents is 1. The molecule has 1 fully saturated rings. The zero-order valence-electron chi connectivity index (χ0n) is 12.9. The van der Waals surface area contributed by atoms with E-state index < -0.39 is 0 Å². The van der Waals surface area contributed by atoms with Crippen LogP contribution in [0.5, 0.6) is 5.75 Å². The second-order valence-electron chi connectivity index (χ2n) is 5.72. The van der Waals surface area contributed by atoms with Gasteiger partial charge in [0.25, 0.3) is 5.78 Å². The molecular weight excluding hydrogens is 292 g/mol. The van der Waals surface area contributed by atoms with Gasteiger partial charge >= 0.3 is 0 Å². The Morgan fingerprint density at radius 3 is 2.43 bits per heavy atom. The first-order valence-electron chi connectivity index (χ1n) is 7.67. The molecule has 0 atom stereocenters. The van der Waals surface area contributed by atoms with Crippen LogP contribution in [0, 0.1) is 6.92 Å². The lowest BCUT2D eigenvalue weighted by Gasteiger charge is -2.37. The second kappa shape index (κ2) is 5.42. The minimum absolute atomic E-state index is 0.299. The van der Waals surface area contributed by atoms with Gasteiger partial charge in [-0.25, -0.2) is 4.98 Å². The Balaban J connectivity index is 1.55. The summed E-state index contributed by atoms with van der Waals surface area (Å²) in [6, 6.07) is 9.42. The highest BCUT2D eigenvalue weighted by Crippen LogP contribution is 2.22. The van der Waals surface area contributed by atoms with Gasteiger partial charge in [0.1, 0.15) is 17.9 Å². The molecule has 0 spiro atoms. The summed E-state index contributed by atoms with van der Waals surface area (Å²) in [5.74, 6) is 1.98. The predicted octanol–water partition coefficient (Wildman–Crippen LogP) is 1.46. The molecule has 0 unspecified atom stereocenters. The monoisotopic (exact) mass is 310 g/mol. The maximum absolute atomic E-state index is 9.40. The largest absolute Gasteiger partial charge is 0.508 e. The van der Waals surface area contributed by atoms with E-state index in [-0.39, 0.29) is 0 Å². The number of piperazine rings is 1. The minimum atomic E-state index is 0.299. The van der Waals surface area contributed by atoms with Crippen LogP contribution in [0.15, 0.2) is 36.7 Å². The van der Waals surface area contributed by atoms with Gasteiger partial charge in [0.2, 0.25) is 0 Å². The van der Waals surface area contributed by atoms with Gasteiger partial charge in [-0.2, -0.15) is 14.6 Å². The van der Waals surface area contributed by atoms with Gasteiger partial charge in [-0.1, -0.05) is 0 Å². The molecule has 1 saturated heterocycles. The van der Waals surface area contributed by atoms with Gasteiger partial charge in [0, 0.05) is 43.6 Å². The average Bonchev–Trinajstić information content (AvgIpc) is 3.03. The van der Waals surface area contributed by atoms with Crippen molar-refractivity contribution in [1.29, 1.82) is 0 Å². The first kappa shape index (κ1) is 13.8. The zero-order chi connectivity index (χ0) is 15.8. The van der Waals surface area contributed by atoms with Gasteiger partial charge in [0.15, 0.2) is 0 Å². The average molecular weight is 310 g/mol. The molecule has 0 aliphatic carbocycles. The SMILES string of the molecule is Cc1cc(N2CCN(c3ccc(O)cc3)CC2)n2ncnc2n1. The van der Waals surface area contributed by atoms with Crippen molar-refractivity contribution in [1.82, 2.24) is 19.6 Å². The molecule has 0 amide bonds. The number of nitrogens with zero attached hydrogens (tertiary/aromatic N) is 6. The highest BCUT2D eigenvalue weighted by Gasteiger charge is 2.20. The molecule has 0 radical (unpaired) electrons. The first-order valence-corrected chi connectivity index (χ1v) is 7.67. The lowest BCUT2D eigenvalue weighted by molar-refractivity contribution is 0.475. The number of fused-ring (bicyclic) bond motifs is 1. The van der Waals surface area contributed by atoms with Crippen LogP contribution in [0.3, 0.4) is 0 Å². The third-order valence-corrected chi connectivity index (χ3v) is 4.18. The summed E-state index contributed by atoms with van der Waals surface area (Å²) in [5.41, 5.74) is 2.08. The third kappa shape index (κ3) is 2.54. The minimum Gasteiger partial charge on any atom is -0.508 e.